The molecule has 0 bridgehead atoms. The van der Waals surface area contributed by atoms with E-state index in [1.54, 1.807) is 6.08 Å². The normalized spacial score (nSPS) is 10.6. The first kappa shape index (κ1) is 17.5. The number of amides is 1. The van der Waals surface area contributed by atoms with Crippen molar-refractivity contribution in [3.05, 3.63) is 59.9 Å². The second-order valence-corrected chi connectivity index (χ2v) is 4.90. The van der Waals surface area contributed by atoms with Gasteiger partial charge in [-0.15, -0.1) is 0 Å². The molecular formula is C19H20FNO3. The third-order valence-corrected chi connectivity index (χ3v) is 3.11. The van der Waals surface area contributed by atoms with Gasteiger partial charge in [0.15, 0.2) is 11.5 Å². The van der Waals surface area contributed by atoms with Crippen molar-refractivity contribution < 1.29 is 18.7 Å². The lowest BCUT2D eigenvalue weighted by atomic mass is 10.2. The average molecular weight is 329 g/mol. The van der Waals surface area contributed by atoms with Gasteiger partial charge in [-0.2, -0.15) is 0 Å². The van der Waals surface area contributed by atoms with Crippen LogP contribution in [0.2, 0.25) is 0 Å². The van der Waals surface area contributed by atoms with Crippen LogP contribution in [0.5, 0.6) is 11.5 Å². The number of ether oxygens (including phenoxy) is 2. The zero-order chi connectivity index (χ0) is 17.4. The van der Waals surface area contributed by atoms with Crippen LogP contribution in [0.3, 0.4) is 0 Å². The monoisotopic (exact) mass is 329 g/mol. The van der Waals surface area contributed by atoms with Gasteiger partial charge in [0.25, 0.3) is 0 Å². The number of hydrogen-bond acceptors (Lipinski definition) is 3. The SMILES string of the molecule is CCOc1ccc(C=CC(=O)Nc2ccc(F)cc2)cc1OCC. The molecule has 0 unspecified atom stereocenters. The van der Waals surface area contributed by atoms with Crippen molar-refractivity contribution in [2.24, 2.45) is 0 Å². The van der Waals surface area contributed by atoms with E-state index in [0.717, 1.165) is 5.56 Å². The number of anilines is 1. The third-order valence-electron chi connectivity index (χ3n) is 3.11. The molecule has 0 aliphatic heterocycles. The Balaban J connectivity index is 2.05. The van der Waals surface area contributed by atoms with Crippen LogP contribution in [0, 0.1) is 5.82 Å². The maximum absolute atomic E-state index is 12.8. The van der Waals surface area contributed by atoms with Crippen LogP contribution in [0.15, 0.2) is 48.5 Å². The maximum Gasteiger partial charge on any atom is 0.248 e. The summed E-state index contributed by atoms with van der Waals surface area (Å²) in [5.41, 5.74) is 1.35. The topological polar surface area (TPSA) is 47.6 Å². The van der Waals surface area contributed by atoms with E-state index in [1.165, 1.54) is 30.3 Å². The Morgan fingerprint density at radius 2 is 1.71 bits per heavy atom. The Kier molecular flexibility index (Phi) is 6.37. The van der Waals surface area contributed by atoms with Gasteiger partial charge in [-0.1, -0.05) is 6.07 Å². The largest absolute Gasteiger partial charge is 0.490 e. The minimum atomic E-state index is -0.346. The zero-order valence-electron chi connectivity index (χ0n) is 13.7. The van der Waals surface area contributed by atoms with Crippen molar-refractivity contribution >= 4 is 17.7 Å². The molecule has 0 radical (unpaired) electrons. The highest BCUT2D eigenvalue weighted by molar-refractivity contribution is 6.01. The summed E-state index contributed by atoms with van der Waals surface area (Å²) in [6.07, 6.45) is 3.09. The lowest BCUT2D eigenvalue weighted by Crippen LogP contribution is -2.07. The number of rotatable bonds is 7. The Hall–Kier alpha value is -2.82. The van der Waals surface area contributed by atoms with Crippen molar-refractivity contribution in [1.82, 2.24) is 0 Å². The molecule has 2 aromatic carbocycles. The Labute approximate surface area is 140 Å². The summed E-state index contributed by atoms with van der Waals surface area (Å²) in [5, 5.41) is 2.66. The summed E-state index contributed by atoms with van der Waals surface area (Å²) in [4.78, 5) is 11.9. The van der Waals surface area contributed by atoms with E-state index in [4.69, 9.17) is 9.47 Å². The van der Waals surface area contributed by atoms with Crippen molar-refractivity contribution in [3.63, 3.8) is 0 Å². The second-order valence-electron chi connectivity index (χ2n) is 4.90. The molecule has 2 aromatic rings. The molecule has 0 saturated heterocycles. The van der Waals surface area contributed by atoms with Crippen molar-refractivity contribution in [1.29, 1.82) is 0 Å². The molecule has 0 aromatic heterocycles. The fourth-order valence-corrected chi connectivity index (χ4v) is 2.06. The molecule has 0 heterocycles. The van der Waals surface area contributed by atoms with E-state index < -0.39 is 0 Å². The Bertz CT molecular complexity index is 711. The molecule has 0 spiro atoms. The van der Waals surface area contributed by atoms with Crippen molar-refractivity contribution in [3.8, 4) is 11.5 Å². The summed E-state index contributed by atoms with van der Waals surface area (Å²) < 4.78 is 23.9. The van der Waals surface area contributed by atoms with Gasteiger partial charge < -0.3 is 14.8 Å². The number of halogens is 1. The molecule has 24 heavy (non-hydrogen) atoms. The number of benzene rings is 2. The maximum atomic E-state index is 12.8. The molecule has 0 aliphatic carbocycles. The summed E-state index contributed by atoms with van der Waals surface area (Å²) >= 11 is 0. The molecule has 1 amide bonds. The van der Waals surface area contributed by atoms with Gasteiger partial charge in [0.05, 0.1) is 13.2 Å². The van der Waals surface area contributed by atoms with Gasteiger partial charge in [-0.05, 0) is 61.9 Å². The minimum Gasteiger partial charge on any atom is -0.490 e. The molecule has 0 atom stereocenters. The zero-order valence-corrected chi connectivity index (χ0v) is 13.7. The van der Waals surface area contributed by atoms with E-state index in [1.807, 2.05) is 32.0 Å². The average Bonchev–Trinajstić information content (AvgIpc) is 2.57. The van der Waals surface area contributed by atoms with E-state index >= 15 is 0 Å². The lowest BCUT2D eigenvalue weighted by molar-refractivity contribution is -0.111. The molecule has 126 valence electrons. The Morgan fingerprint density at radius 1 is 1.04 bits per heavy atom. The molecule has 2 rings (SSSR count). The first-order valence-electron chi connectivity index (χ1n) is 7.76. The summed E-state index contributed by atoms with van der Waals surface area (Å²) in [6, 6.07) is 11.1. The van der Waals surface area contributed by atoms with Crippen molar-refractivity contribution in [2.45, 2.75) is 13.8 Å². The van der Waals surface area contributed by atoms with Crippen LogP contribution < -0.4 is 14.8 Å². The molecular weight excluding hydrogens is 309 g/mol. The molecule has 0 saturated carbocycles. The molecule has 5 heteroatoms. The van der Waals surface area contributed by atoms with E-state index in [0.29, 0.717) is 30.4 Å². The number of carbonyl (C=O) groups is 1. The smallest absolute Gasteiger partial charge is 0.248 e. The van der Waals surface area contributed by atoms with Gasteiger partial charge in [-0.25, -0.2) is 4.39 Å². The molecule has 0 aliphatic rings. The van der Waals surface area contributed by atoms with Gasteiger partial charge >= 0.3 is 0 Å². The summed E-state index contributed by atoms with van der Waals surface area (Å²) in [7, 11) is 0. The van der Waals surface area contributed by atoms with Crippen LogP contribution >= 0.6 is 0 Å². The third kappa shape index (κ3) is 5.12. The van der Waals surface area contributed by atoms with Crippen LogP contribution in [0.4, 0.5) is 10.1 Å². The van der Waals surface area contributed by atoms with Crippen LogP contribution in [0.1, 0.15) is 19.4 Å². The molecule has 0 fully saturated rings. The van der Waals surface area contributed by atoms with E-state index in [-0.39, 0.29) is 11.7 Å². The summed E-state index contributed by atoms with van der Waals surface area (Å²) in [6.45, 7) is 4.88. The second kappa shape index (κ2) is 8.72. The molecule has 4 nitrogen and oxygen atoms in total. The van der Waals surface area contributed by atoms with Crippen molar-refractivity contribution in [2.75, 3.05) is 18.5 Å². The summed E-state index contributed by atoms with van der Waals surface area (Å²) in [5.74, 6) is 0.669. The van der Waals surface area contributed by atoms with Gasteiger partial charge in [0.2, 0.25) is 5.91 Å². The number of carbonyl (C=O) groups excluding carboxylic acids is 1. The minimum absolute atomic E-state index is 0.298. The van der Waals surface area contributed by atoms with E-state index in [9.17, 15) is 9.18 Å². The van der Waals surface area contributed by atoms with Gasteiger partial charge in [0, 0.05) is 11.8 Å². The lowest BCUT2D eigenvalue weighted by Gasteiger charge is -2.11. The standard InChI is InChI=1S/C19H20FNO3/c1-3-23-17-11-5-14(13-18(17)24-4-2)6-12-19(22)21-16-9-7-15(20)8-10-16/h5-13H,3-4H2,1-2H3,(H,21,22). The number of hydrogen-bond donors (Lipinski definition) is 1. The quantitative estimate of drug-likeness (QED) is 0.772. The van der Waals surface area contributed by atoms with Crippen LogP contribution in [0.25, 0.3) is 6.08 Å². The van der Waals surface area contributed by atoms with Gasteiger partial charge in [0.1, 0.15) is 5.82 Å². The number of nitrogens with one attached hydrogen (secondary N) is 1. The first-order valence-corrected chi connectivity index (χ1v) is 7.76. The van der Waals surface area contributed by atoms with Crippen LogP contribution in [-0.2, 0) is 4.79 Å². The van der Waals surface area contributed by atoms with Gasteiger partial charge in [-0.3, -0.25) is 4.79 Å². The fourth-order valence-electron chi connectivity index (χ4n) is 2.06. The highest BCUT2D eigenvalue weighted by Crippen LogP contribution is 2.29. The fraction of sp³-hybridized carbons (Fsp3) is 0.211. The molecule has 1 N–H and O–H groups in total. The predicted octanol–water partition coefficient (Wildman–Crippen LogP) is 4.28. The highest BCUT2D eigenvalue weighted by atomic mass is 19.1. The Morgan fingerprint density at radius 3 is 2.38 bits per heavy atom. The first-order chi connectivity index (χ1) is 11.6. The highest BCUT2D eigenvalue weighted by Gasteiger charge is 2.05. The van der Waals surface area contributed by atoms with E-state index in [2.05, 4.69) is 5.32 Å². The predicted molar refractivity (Wildman–Crippen MR) is 92.8 cm³/mol. The van der Waals surface area contributed by atoms with Crippen LogP contribution in [-0.4, -0.2) is 19.1 Å².